The van der Waals surface area contributed by atoms with Crippen LogP contribution in [0.1, 0.15) is 18.1 Å². The topological polar surface area (TPSA) is 61.9 Å². The van der Waals surface area contributed by atoms with E-state index < -0.39 is 12.7 Å². The molecule has 0 spiro atoms. The average Bonchev–Trinajstić information content (AvgIpc) is 2.69. The van der Waals surface area contributed by atoms with Crippen LogP contribution < -0.4 is 10.1 Å². The Bertz CT molecular complexity index is 842. The maximum Gasteiger partial charge on any atom is 0.387 e. The standard InChI is InChI=1S/C22H27F2N3O3/c1-15-5-9-18(10-6-15)25-20(28)14-27(4)21(29)16(2)26(3)13-17-7-11-19(12-8-17)30-22(23)24/h5-12,16,22H,13-14H2,1-4H3,(H,25,28)/t16-/m1/s1. The lowest BCUT2D eigenvalue weighted by atomic mass is 10.1. The van der Waals surface area contributed by atoms with Gasteiger partial charge in [0, 0.05) is 19.3 Å². The summed E-state index contributed by atoms with van der Waals surface area (Å²) in [5.74, 6) is -0.395. The van der Waals surface area contributed by atoms with Gasteiger partial charge in [0.1, 0.15) is 5.75 Å². The highest BCUT2D eigenvalue weighted by Gasteiger charge is 2.23. The minimum absolute atomic E-state index is 0.0649. The number of halogens is 2. The van der Waals surface area contributed by atoms with E-state index in [2.05, 4.69) is 10.1 Å². The third-order valence-corrected chi connectivity index (χ3v) is 4.69. The van der Waals surface area contributed by atoms with Crippen LogP contribution in [0.3, 0.4) is 0 Å². The van der Waals surface area contributed by atoms with E-state index in [0.29, 0.717) is 12.2 Å². The second-order valence-corrected chi connectivity index (χ2v) is 7.22. The van der Waals surface area contributed by atoms with E-state index in [0.717, 1.165) is 11.1 Å². The van der Waals surface area contributed by atoms with Crippen LogP contribution in [0.5, 0.6) is 5.75 Å². The number of nitrogens with one attached hydrogen (secondary N) is 1. The minimum atomic E-state index is -2.87. The predicted octanol–water partition coefficient (Wildman–Crippen LogP) is 3.51. The number of alkyl halides is 2. The summed E-state index contributed by atoms with van der Waals surface area (Å²) in [6.07, 6.45) is 0. The van der Waals surface area contributed by atoms with Crippen molar-refractivity contribution >= 4 is 17.5 Å². The molecule has 0 unspecified atom stereocenters. The van der Waals surface area contributed by atoms with Gasteiger partial charge in [-0.05, 0) is 50.7 Å². The number of benzene rings is 2. The Labute approximate surface area is 175 Å². The third-order valence-electron chi connectivity index (χ3n) is 4.69. The number of ether oxygens (including phenoxy) is 1. The number of hydrogen-bond acceptors (Lipinski definition) is 4. The normalized spacial score (nSPS) is 12.0. The highest BCUT2D eigenvalue weighted by molar-refractivity contribution is 5.95. The molecule has 162 valence electrons. The highest BCUT2D eigenvalue weighted by atomic mass is 19.3. The molecule has 2 rings (SSSR count). The minimum Gasteiger partial charge on any atom is -0.435 e. The Morgan fingerprint density at radius 1 is 1.03 bits per heavy atom. The summed E-state index contributed by atoms with van der Waals surface area (Å²) < 4.78 is 28.8. The summed E-state index contributed by atoms with van der Waals surface area (Å²) in [5.41, 5.74) is 2.61. The second-order valence-electron chi connectivity index (χ2n) is 7.22. The number of rotatable bonds is 9. The Kier molecular flexibility index (Phi) is 8.29. The summed E-state index contributed by atoms with van der Waals surface area (Å²) in [5, 5.41) is 2.77. The van der Waals surface area contributed by atoms with Gasteiger partial charge in [-0.15, -0.1) is 0 Å². The molecule has 6 nitrogen and oxygen atoms in total. The zero-order valence-corrected chi connectivity index (χ0v) is 17.6. The number of carbonyl (C=O) groups is 2. The highest BCUT2D eigenvalue weighted by Crippen LogP contribution is 2.16. The summed E-state index contributed by atoms with van der Waals surface area (Å²) in [4.78, 5) is 28.1. The molecule has 0 aromatic heterocycles. The number of nitrogens with zero attached hydrogens (tertiary/aromatic N) is 2. The SMILES string of the molecule is Cc1ccc(NC(=O)CN(C)C(=O)[C@@H](C)N(C)Cc2ccc(OC(F)F)cc2)cc1. The predicted molar refractivity (Wildman–Crippen MR) is 111 cm³/mol. The van der Waals surface area contributed by atoms with Gasteiger partial charge in [-0.1, -0.05) is 29.8 Å². The van der Waals surface area contributed by atoms with Crippen LogP contribution >= 0.6 is 0 Å². The summed E-state index contributed by atoms with van der Waals surface area (Å²) in [7, 11) is 3.37. The monoisotopic (exact) mass is 419 g/mol. The molecule has 1 N–H and O–H groups in total. The van der Waals surface area contributed by atoms with E-state index in [-0.39, 0.29) is 24.1 Å². The van der Waals surface area contributed by atoms with Gasteiger partial charge < -0.3 is 15.0 Å². The molecule has 30 heavy (non-hydrogen) atoms. The molecule has 0 heterocycles. The fraction of sp³-hybridized carbons (Fsp3) is 0.364. The van der Waals surface area contributed by atoms with Gasteiger partial charge in [-0.25, -0.2) is 0 Å². The first-order chi connectivity index (χ1) is 14.2. The van der Waals surface area contributed by atoms with Crippen LogP contribution in [0.15, 0.2) is 48.5 Å². The van der Waals surface area contributed by atoms with E-state index in [1.165, 1.54) is 17.0 Å². The van der Waals surface area contributed by atoms with Crippen LogP contribution in [0, 0.1) is 6.92 Å². The maximum absolute atomic E-state index is 12.7. The van der Waals surface area contributed by atoms with Crippen LogP contribution in [0.2, 0.25) is 0 Å². The van der Waals surface area contributed by atoms with E-state index in [4.69, 9.17) is 0 Å². The molecule has 0 saturated heterocycles. The number of aryl methyl sites for hydroxylation is 1. The van der Waals surface area contributed by atoms with Gasteiger partial charge in [0.15, 0.2) is 0 Å². The number of amides is 2. The van der Waals surface area contributed by atoms with E-state index >= 15 is 0 Å². The summed E-state index contributed by atoms with van der Waals surface area (Å²) in [6.45, 7) is 1.22. The Balaban J connectivity index is 1.86. The van der Waals surface area contributed by atoms with Crippen LogP contribution in [0.4, 0.5) is 14.5 Å². The molecule has 0 aliphatic heterocycles. The van der Waals surface area contributed by atoms with Crippen molar-refractivity contribution in [2.24, 2.45) is 0 Å². The van der Waals surface area contributed by atoms with Crippen LogP contribution in [0.25, 0.3) is 0 Å². The fourth-order valence-corrected chi connectivity index (χ4v) is 2.84. The fourth-order valence-electron chi connectivity index (χ4n) is 2.84. The molecule has 0 fully saturated rings. The Morgan fingerprint density at radius 3 is 2.20 bits per heavy atom. The zero-order chi connectivity index (χ0) is 22.3. The van der Waals surface area contributed by atoms with Gasteiger partial charge >= 0.3 is 6.61 Å². The van der Waals surface area contributed by atoms with Crippen LogP contribution in [-0.2, 0) is 16.1 Å². The first-order valence-corrected chi connectivity index (χ1v) is 9.51. The lowest BCUT2D eigenvalue weighted by molar-refractivity contribution is -0.137. The van der Waals surface area contributed by atoms with Crippen molar-refractivity contribution in [1.82, 2.24) is 9.80 Å². The summed E-state index contributed by atoms with van der Waals surface area (Å²) >= 11 is 0. The first-order valence-electron chi connectivity index (χ1n) is 9.51. The zero-order valence-electron chi connectivity index (χ0n) is 17.6. The van der Waals surface area contributed by atoms with Crippen molar-refractivity contribution in [2.75, 3.05) is 26.0 Å². The molecule has 2 amide bonds. The van der Waals surface area contributed by atoms with Crippen molar-refractivity contribution in [2.45, 2.75) is 33.0 Å². The maximum atomic E-state index is 12.7. The quantitative estimate of drug-likeness (QED) is 0.676. The van der Waals surface area contributed by atoms with Crippen molar-refractivity contribution in [3.05, 3.63) is 59.7 Å². The largest absolute Gasteiger partial charge is 0.435 e. The molecule has 0 aliphatic rings. The van der Waals surface area contributed by atoms with E-state index in [1.807, 2.05) is 36.1 Å². The van der Waals surface area contributed by atoms with Gasteiger partial charge in [0.25, 0.3) is 0 Å². The van der Waals surface area contributed by atoms with Gasteiger partial charge in [-0.3, -0.25) is 14.5 Å². The number of anilines is 1. The van der Waals surface area contributed by atoms with Crippen molar-refractivity contribution < 1.29 is 23.1 Å². The van der Waals surface area contributed by atoms with Crippen molar-refractivity contribution in [3.8, 4) is 5.75 Å². The average molecular weight is 419 g/mol. The molecular weight excluding hydrogens is 392 g/mol. The number of carbonyl (C=O) groups excluding carboxylic acids is 2. The van der Waals surface area contributed by atoms with Gasteiger partial charge in [0.05, 0.1) is 12.6 Å². The Hall–Kier alpha value is -3.00. The summed E-state index contributed by atoms with van der Waals surface area (Å²) in [6, 6.07) is 13.2. The van der Waals surface area contributed by atoms with E-state index in [1.54, 1.807) is 33.2 Å². The molecule has 0 aliphatic carbocycles. The molecule has 8 heteroatoms. The van der Waals surface area contributed by atoms with Crippen molar-refractivity contribution in [3.63, 3.8) is 0 Å². The van der Waals surface area contributed by atoms with Gasteiger partial charge in [0.2, 0.25) is 11.8 Å². The molecule has 2 aromatic carbocycles. The van der Waals surface area contributed by atoms with Crippen molar-refractivity contribution in [1.29, 1.82) is 0 Å². The molecule has 1 atom stereocenters. The van der Waals surface area contributed by atoms with E-state index in [9.17, 15) is 18.4 Å². The molecular formula is C22H27F2N3O3. The second kappa shape index (κ2) is 10.7. The molecule has 2 aromatic rings. The lowest BCUT2D eigenvalue weighted by Gasteiger charge is -2.28. The Morgan fingerprint density at radius 2 is 1.63 bits per heavy atom. The third kappa shape index (κ3) is 7.11. The van der Waals surface area contributed by atoms with Crippen LogP contribution in [-0.4, -0.2) is 54.9 Å². The van der Waals surface area contributed by atoms with Gasteiger partial charge in [-0.2, -0.15) is 8.78 Å². The number of hydrogen-bond donors (Lipinski definition) is 1. The molecule has 0 radical (unpaired) electrons. The molecule has 0 saturated carbocycles. The lowest BCUT2D eigenvalue weighted by Crippen LogP contribution is -2.46. The smallest absolute Gasteiger partial charge is 0.387 e. The molecule has 0 bridgehead atoms. The first kappa shape index (κ1) is 23.3. The number of likely N-dealkylation sites (N-methyl/N-ethyl adjacent to an activating group) is 2.